The molecule has 0 radical (unpaired) electrons. The molecule has 7 heteroatoms. The third-order valence-corrected chi connectivity index (χ3v) is 5.23. The summed E-state index contributed by atoms with van der Waals surface area (Å²) in [6, 6.07) is 7.87. The molecule has 4 rings (SSSR count). The predicted octanol–water partition coefficient (Wildman–Crippen LogP) is 3.62. The standard InChI is InChI=1S/C22H25N5O2/c1-26(10-4-5-11-29-3)22(28)15-6-7-20-16(12-15)17(14-27(20)2)18-13-19-21(25-18)24-9-8-23-19/h6-9,12-14H,4-5,10-11H2,1-3H3,(H,24,25). The number of aryl methyl sites for hydroxylation is 1. The maximum atomic E-state index is 12.9. The second kappa shape index (κ2) is 8.05. The van der Waals surface area contributed by atoms with Crippen LogP contribution in [-0.2, 0) is 11.8 Å². The fourth-order valence-corrected chi connectivity index (χ4v) is 3.65. The highest BCUT2D eigenvalue weighted by Crippen LogP contribution is 2.32. The number of benzene rings is 1. The lowest BCUT2D eigenvalue weighted by Crippen LogP contribution is -2.27. The van der Waals surface area contributed by atoms with Gasteiger partial charge >= 0.3 is 0 Å². The molecule has 0 spiro atoms. The van der Waals surface area contributed by atoms with Gasteiger partial charge in [0.2, 0.25) is 0 Å². The summed E-state index contributed by atoms with van der Waals surface area (Å²) in [6.45, 7) is 1.43. The van der Waals surface area contributed by atoms with Crippen molar-refractivity contribution >= 4 is 28.0 Å². The number of hydrogen-bond donors (Lipinski definition) is 1. The predicted molar refractivity (Wildman–Crippen MR) is 114 cm³/mol. The molecule has 1 aromatic carbocycles. The van der Waals surface area contributed by atoms with Gasteiger partial charge in [-0.2, -0.15) is 0 Å². The Kier molecular flexibility index (Phi) is 5.31. The molecule has 0 aliphatic rings. The first-order chi connectivity index (χ1) is 14.1. The van der Waals surface area contributed by atoms with Crippen molar-refractivity contribution in [3.05, 3.63) is 48.4 Å². The molecule has 0 bridgehead atoms. The molecule has 1 N–H and O–H groups in total. The summed E-state index contributed by atoms with van der Waals surface area (Å²) in [5.74, 6) is 0.0269. The van der Waals surface area contributed by atoms with E-state index in [9.17, 15) is 4.79 Å². The van der Waals surface area contributed by atoms with E-state index in [-0.39, 0.29) is 5.91 Å². The molecule has 3 aromatic heterocycles. The quantitative estimate of drug-likeness (QED) is 0.488. The molecule has 0 aliphatic heterocycles. The van der Waals surface area contributed by atoms with Gasteiger partial charge in [-0.25, -0.2) is 4.98 Å². The molecule has 7 nitrogen and oxygen atoms in total. The van der Waals surface area contributed by atoms with E-state index < -0.39 is 0 Å². The number of H-pyrrole nitrogens is 1. The van der Waals surface area contributed by atoms with Crippen molar-refractivity contribution in [2.75, 3.05) is 27.3 Å². The number of hydrogen-bond acceptors (Lipinski definition) is 4. The minimum atomic E-state index is 0.0269. The lowest BCUT2D eigenvalue weighted by atomic mass is 10.1. The number of aromatic nitrogens is 4. The fraction of sp³-hybridized carbons (Fsp3) is 0.318. The number of carbonyl (C=O) groups excluding carboxylic acids is 1. The highest BCUT2D eigenvalue weighted by Gasteiger charge is 2.16. The van der Waals surface area contributed by atoms with Crippen LogP contribution in [0.2, 0.25) is 0 Å². The zero-order valence-corrected chi connectivity index (χ0v) is 17.0. The van der Waals surface area contributed by atoms with Crippen molar-refractivity contribution in [1.82, 2.24) is 24.4 Å². The maximum Gasteiger partial charge on any atom is 0.253 e. The van der Waals surface area contributed by atoms with Crippen LogP contribution in [0.3, 0.4) is 0 Å². The van der Waals surface area contributed by atoms with Crippen LogP contribution in [0.5, 0.6) is 0 Å². The van der Waals surface area contributed by atoms with Gasteiger partial charge in [0.1, 0.15) is 5.52 Å². The summed E-state index contributed by atoms with van der Waals surface area (Å²) in [5.41, 5.74) is 5.30. The van der Waals surface area contributed by atoms with Crippen molar-refractivity contribution in [3.8, 4) is 11.3 Å². The van der Waals surface area contributed by atoms with Crippen LogP contribution in [0, 0.1) is 0 Å². The van der Waals surface area contributed by atoms with E-state index in [1.54, 1.807) is 24.4 Å². The Labute approximate surface area is 169 Å². The number of ether oxygens (including phenoxy) is 1. The Hall–Kier alpha value is -3.19. The SMILES string of the molecule is COCCCCN(C)C(=O)c1ccc2c(c1)c(-c1cc3nccnc3[nH]1)cn2C. The molecule has 29 heavy (non-hydrogen) atoms. The van der Waals surface area contributed by atoms with Crippen LogP contribution >= 0.6 is 0 Å². The van der Waals surface area contributed by atoms with Crippen LogP contribution in [0.25, 0.3) is 33.3 Å². The Morgan fingerprint density at radius 2 is 2.03 bits per heavy atom. The summed E-state index contributed by atoms with van der Waals surface area (Å²) in [5, 5.41) is 1.03. The first kappa shape index (κ1) is 19.1. The molecule has 0 saturated carbocycles. The summed E-state index contributed by atoms with van der Waals surface area (Å²) in [7, 11) is 5.55. The smallest absolute Gasteiger partial charge is 0.253 e. The highest BCUT2D eigenvalue weighted by molar-refractivity contribution is 6.03. The number of fused-ring (bicyclic) bond motifs is 2. The Morgan fingerprint density at radius 1 is 1.21 bits per heavy atom. The zero-order chi connectivity index (χ0) is 20.4. The van der Waals surface area contributed by atoms with E-state index in [0.717, 1.165) is 52.8 Å². The zero-order valence-electron chi connectivity index (χ0n) is 17.0. The number of nitrogens with zero attached hydrogens (tertiary/aromatic N) is 4. The third kappa shape index (κ3) is 3.73. The molecular weight excluding hydrogens is 366 g/mol. The first-order valence-corrected chi connectivity index (χ1v) is 9.72. The number of amides is 1. The lowest BCUT2D eigenvalue weighted by Gasteiger charge is -2.17. The van der Waals surface area contributed by atoms with E-state index in [4.69, 9.17) is 4.74 Å². The monoisotopic (exact) mass is 391 g/mol. The van der Waals surface area contributed by atoms with E-state index >= 15 is 0 Å². The molecule has 0 aliphatic carbocycles. The van der Waals surface area contributed by atoms with Crippen molar-refractivity contribution in [2.24, 2.45) is 7.05 Å². The van der Waals surface area contributed by atoms with E-state index in [2.05, 4.69) is 25.7 Å². The summed E-state index contributed by atoms with van der Waals surface area (Å²) in [4.78, 5) is 26.7. The van der Waals surface area contributed by atoms with Crippen LogP contribution in [-0.4, -0.2) is 57.6 Å². The van der Waals surface area contributed by atoms with E-state index in [1.165, 1.54) is 0 Å². The van der Waals surface area contributed by atoms with Gasteiger partial charge in [0, 0.05) is 75.0 Å². The Bertz CT molecular complexity index is 1130. The normalized spacial score (nSPS) is 11.4. The molecule has 1 amide bonds. The van der Waals surface area contributed by atoms with Crippen molar-refractivity contribution in [1.29, 1.82) is 0 Å². The molecule has 3 heterocycles. The summed E-state index contributed by atoms with van der Waals surface area (Å²) < 4.78 is 7.15. The number of aromatic amines is 1. The Balaban J connectivity index is 1.66. The maximum absolute atomic E-state index is 12.9. The average Bonchev–Trinajstić information content (AvgIpc) is 3.31. The number of methoxy groups -OCH3 is 1. The average molecular weight is 391 g/mol. The summed E-state index contributed by atoms with van der Waals surface area (Å²) in [6.07, 6.45) is 7.29. The third-order valence-electron chi connectivity index (χ3n) is 5.23. The second-order valence-electron chi connectivity index (χ2n) is 7.29. The van der Waals surface area contributed by atoms with Crippen LogP contribution in [0.4, 0.5) is 0 Å². The fourth-order valence-electron chi connectivity index (χ4n) is 3.65. The van der Waals surface area contributed by atoms with Crippen LogP contribution < -0.4 is 0 Å². The van der Waals surface area contributed by atoms with Crippen molar-refractivity contribution in [2.45, 2.75) is 12.8 Å². The molecule has 0 atom stereocenters. The van der Waals surface area contributed by atoms with Gasteiger partial charge in [0.05, 0.1) is 5.69 Å². The van der Waals surface area contributed by atoms with Gasteiger partial charge in [-0.15, -0.1) is 0 Å². The van der Waals surface area contributed by atoms with Gasteiger partial charge in [-0.1, -0.05) is 0 Å². The minimum Gasteiger partial charge on any atom is -0.385 e. The molecule has 4 aromatic rings. The van der Waals surface area contributed by atoms with Crippen LogP contribution in [0.15, 0.2) is 42.9 Å². The summed E-state index contributed by atoms with van der Waals surface area (Å²) >= 11 is 0. The van der Waals surface area contributed by atoms with E-state index in [1.807, 2.05) is 38.4 Å². The molecule has 0 fully saturated rings. The molecule has 150 valence electrons. The number of rotatable bonds is 7. The molecular formula is C22H25N5O2. The minimum absolute atomic E-state index is 0.0269. The van der Waals surface area contributed by atoms with Gasteiger partial charge in [-0.05, 0) is 37.1 Å². The van der Waals surface area contributed by atoms with Crippen molar-refractivity contribution < 1.29 is 9.53 Å². The van der Waals surface area contributed by atoms with Gasteiger partial charge < -0.3 is 19.2 Å². The van der Waals surface area contributed by atoms with Crippen molar-refractivity contribution in [3.63, 3.8) is 0 Å². The number of carbonyl (C=O) groups is 1. The number of nitrogens with one attached hydrogen (secondary N) is 1. The highest BCUT2D eigenvalue weighted by atomic mass is 16.5. The van der Waals surface area contributed by atoms with Gasteiger partial charge in [0.25, 0.3) is 5.91 Å². The number of unbranched alkanes of at least 4 members (excludes halogenated alkanes) is 1. The first-order valence-electron chi connectivity index (χ1n) is 9.72. The Morgan fingerprint density at radius 3 is 2.83 bits per heavy atom. The largest absolute Gasteiger partial charge is 0.385 e. The van der Waals surface area contributed by atoms with E-state index in [0.29, 0.717) is 12.1 Å². The lowest BCUT2D eigenvalue weighted by molar-refractivity contribution is 0.0788. The van der Waals surface area contributed by atoms with Crippen LogP contribution in [0.1, 0.15) is 23.2 Å². The molecule has 0 saturated heterocycles. The molecule has 0 unspecified atom stereocenters. The van der Waals surface area contributed by atoms with Gasteiger partial charge in [-0.3, -0.25) is 9.78 Å². The van der Waals surface area contributed by atoms with Gasteiger partial charge in [0.15, 0.2) is 5.65 Å². The topological polar surface area (TPSA) is 76.0 Å². The second-order valence-corrected chi connectivity index (χ2v) is 7.29.